The van der Waals surface area contributed by atoms with E-state index >= 15 is 0 Å². The smallest absolute Gasteiger partial charge is 0.308 e. The molecule has 2 rings (SSSR count). The first-order valence-corrected chi connectivity index (χ1v) is 7.26. The van der Waals surface area contributed by atoms with Crippen LogP contribution in [0.2, 0.25) is 0 Å². The van der Waals surface area contributed by atoms with E-state index in [1.807, 2.05) is 19.9 Å². The van der Waals surface area contributed by atoms with Gasteiger partial charge in [-0.1, -0.05) is 19.9 Å². The Hall–Kier alpha value is -1.84. The summed E-state index contributed by atoms with van der Waals surface area (Å²) in [7, 11) is 2.95. The predicted octanol–water partition coefficient (Wildman–Crippen LogP) is 4.22. The lowest BCUT2D eigenvalue weighted by Crippen LogP contribution is -2.18. The summed E-state index contributed by atoms with van der Waals surface area (Å²) in [5.41, 5.74) is 1.49. The number of carbonyl (C=O) groups excluding carboxylic acids is 1. The van der Waals surface area contributed by atoms with E-state index in [4.69, 9.17) is 9.47 Å². The first-order chi connectivity index (χ1) is 10.2. The van der Waals surface area contributed by atoms with Crippen molar-refractivity contribution in [1.82, 2.24) is 0 Å². The normalized spacial score (nSPS) is 17.2. The summed E-state index contributed by atoms with van der Waals surface area (Å²) >= 11 is 0. The summed E-state index contributed by atoms with van der Waals surface area (Å²) in [4.78, 5) is 11.4. The monoisotopic (exact) mass is 294 g/mol. The predicted molar refractivity (Wildman–Crippen MR) is 81.6 cm³/mol. The third-order valence-electron chi connectivity index (χ3n) is 3.46. The van der Waals surface area contributed by atoms with Crippen LogP contribution in [-0.2, 0) is 9.53 Å². The zero-order valence-corrected chi connectivity index (χ0v) is 13.1. The molecule has 0 fully saturated rings. The summed E-state index contributed by atoms with van der Waals surface area (Å²) in [5, 5.41) is 0. The number of ether oxygens (including phenoxy) is 2. The Labute approximate surface area is 125 Å². The summed E-state index contributed by atoms with van der Waals surface area (Å²) < 4.78 is 23.7. The average molecular weight is 294 g/mol. The zero-order chi connectivity index (χ0) is 15.8. The summed E-state index contributed by atoms with van der Waals surface area (Å²) in [5.74, 6) is 0.0693. The Kier molecular flexibility index (Phi) is 6.92. The van der Waals surface area contributed by atoms with Gasteiger partial charge in [0.15, 0.2) is 0 Å². The topological polar surface area (TPSA) is 35.5 Å². The van der Waals surface area contributed by atoms with Crippen LogP contribution in [0.25, 0.3) is 5.57 Å². The van der Waals surface area contributed by atoms with E-state index in [-0.39, 0.29) is 17.7 Å². The summed E-state index contributed by atoms with van der Waals surface area (Å²) in [6.07, 6.45) is 3.88. The number of hydrogen-bond acceptors (Lipinski definition) is 3. The lowest BCUT2D eigenvalue weighted by molar-refractivity contribution is -0.145. The number of hydrogen-bond donors (Lipinski definition) is 0. The van der Waals surface area contributed by atoms with Gasteiger partial charge in [-0.2, -0.15) is 0 Å². The number of esters is 1. The molecule has 21 heavy (non-hydrogen) atoms. The van der Waals surface area contributed by atoms with Crippen molar-refractivity contribution in [3.8, 4) is 5.75 Å². The van der Waals surface area contributed by atoms with Gasteiger partial charge in [-0.05, 0) is 43.0 Å². The summed E-state index contributed by atoms with van der Waals surface area (Å²) in [6, 6.07) is 4.69. The molecule has 1 atom stereocenters. The first-order valence-electron chi connectivity index (χ1n) is 7.26. The van der Waals surface area contributed by atoms with E-state index in [0.29, 0.717) is 30.6 Å². The summed E-state index contributed by atoms with van der Waals surface area (Å²) in [6.45, 7) is 4.00. The second-order valence-corrected chi connectivity index (χ2v) is 4.57. The van der Waals surface area contributed by atoms with Crippen LogP contribution in [0.4, 0.5) is 4.39 Å². The maximum atomic E-state index is 13.8. The highest BCUT2D eigenvalue weighted by Gasteiger charge is 2.23. The number of rotatable bonds is 3. The van der Waals surface area contributed by atoms with E-state index in [2.05, 4.69) is 0 Å². The fourth-order valence-corrected chi connectivity index (χ4v) is 2.34. The molecular weight excluding hydrogens is 271 g/mol. The van der Waals surface area contributed by atoms with Gasteiger partial charge in [0, 0.05) is 5.56 Å². The molecule has 0 N–H and O–H groups in total. The highest BCUT2D eigenvalue weighted by atomic mass is 19.1. The van der Waals surface area contributed by atoms with Crippen molar-refractivity contribution < 1.29 is 18.7 Å². The Bertz CT molecular complexity index is 509. The van der Waals surface area contributed by atoms with E-state index in [1.54, 1.807) is 19.2 Å². The third-order valence-corrected chi connectivity index (χ3v) is 3.46. The fraction of sp³-hybridized carbons (Fsp3) is 0.471. The van der Waals surface area contributed by atoms with Crippen LogP contribution in [0, 0.1) is 11.7 Å². The molecule has 1 aromatic rings. The van der Waals surface area contributed by atoms with E-state index < -0.39 is 0 Å². The minimum absolute atomic E-state index is 0.109. The van der Waals surface area contributed by atoms with Crippen LogP contribution >= 0.6 is 0 Å². The molecule has 0 spiro atoms. The van der Waals surface area contributed by atoms with Gasteiger partial charge < -0.3 is 9.47 Å². The van der Waals surface area contributed by atoms with Gasteiger partial charge >= 0.3 is 5.97 Å². The van der Waals surface area contributed by atoms with E-state index in [9.17, 15) is 9.18 Å². The minimum atomic E-state index is -0.261. The number of benzene rings is 1. The molecular formula is C17H23FO3. The molecule has 4 heteroatoms. The average Bonchev–Trinajstić information content (AvgIpc) is 2.56. The SMILES string of the molecule is CC.COC(=O)C1CC=C(c2cc(OC)ccc2F)CC1. The van der Waals surface area contributed by atoms with Crippen molar-refractivity contribution in [2.75, 3.05) is 14.2 Å². The molecule has 116 valence electrons. The van der Waals surface area contributed by atoms with Gasteiger partial charge in [0.25, 0.3) is 0 Å². The highest BCUT2D eigenvalue weighted by molar-refractivity contribution is 5.75. The molecule has 0 aliphatic heterocycles. The molecule has 0 radical (unpaired) electrons. The molecule has 0 heterocycles. The van der Waals surface area contributed by atoms with Crippen LogP contribution in [0.15, 0.2) is 24.3 Å². The maximum Gasteiger partial charge on any atom is 0.308 e. The van der Waals surface area contributed by atoms with Gasteiger partial charge in [0.05, 0.1) is 20.1 Å². The second kappa shape index (κ2) is 8.45. The van der Waals surface area contributed by atoms with Crippen molar-refractivity contribution in [2.45, 2.75) is 33.1 Å². The number of halogens is 1. The standard InChI is InChI=1S/C15H17FO3.C2H6/c1-18-12-7-8-14(16)13(9-12)10-3-5-11(6-4-10)15(17)19-2;1-2/h3,7-9,11H,4-6H2,1-2H3;1-2H3. The highest BCUT2D eigenvalue weighted by Crippen LogP contribution is 2.33. The van der Waals surface area contributed by atoms with Crippen molar-refractivity contribution in [2.24, 2.45) is 5.92 Å². The molecule has 1 aliphatic carbocycles. The van der Waals surface area contributed by atoms with Crippen LogP contribution in [0.1, 0.15) is 38.7 Å². The van der Waals surface area contributed by atoms with Crippen molar-refractivity contribution >= 4 is 11.5 Å². The van der Waals surface area contributed by atoms with Crippen LogP contribution < -0.4 is 4.74 Å². The molecule has 1 aromatic carbocycles. The van der Waals surface area contributed by atoms with E-state index in [0.717, 1.165) is 5.57 Å². The van der Waals surface area contributed by atoms with Crippen LogP contribution in [0.5, 0.6) is 5.75 Å². The minimum Gasteiger partial charge on any atom is -0.497 e. The zero-order valence-electron chi connectivity index (χ0n) is 13.1. The molecule has 0 saturated carbocycles. The molecule has 1 unspecified atom stereocenters. The molecule has 0 amide bonds. The number of methoxy groups -OCH3 is 2. The number of allylic oxidation sites excluding steroid dienone is 2. The van der Waals surface area contributed by atoms with Gasteiger partial charge in [-0.15, -0.1) is 0 Å². The van der Waals surface area contributed by atoms with Crippen molar-refractivity contribution in [3.05, 3.63) is 35.7 Å². The molecule has 1 aliphatic rings. The maximum absolute atomic E-state index is 13.8. The lowest BCUT2D eigenvalue weighted by atomic mass is 9.86. The fourth-order valence-electron chi connectivity index (χ4n) is 2.34. The Morgan fingerprint density at radius 3 is 2.52 bits per heavy atom. The Morgan fingerprint density at radius 2 is 2.00 bits per heavy atom. The second-order valence-electron chi connectivity index (χ2n) is 4.57. The lowest BCUT2D eigenvalue weighted by Gasteiger charge is -2.20. The molecule has 0 aromatic heterocycles. The van der Waals surface area contributed by atoms with Gasteiger partial charge in [-0.3, -0.25) is 4.79 Å². The Balaban J connectivity index is 0.00000106. The molecule has 0 saturated heterocycles. The third kappa shape index (κ3) is 4.31. The van der Waals surface area contributed by atoms with Gasteiger partial charge in [-0.25, -0.2) is 4.39 Å². The van der Waals surface area contributed by atoms with Gasteiger partial charge in [0.2, 0.25) is 0 Å². The first kappa shape index (κ1) is 17.2. The van der Waals surface area contributed by atoms with Crippen molar-refractivity contribution in [3.63, 3.8) is 0 Å². The molecule has 3 nitrogen and oxygen atoms in total. The van der Waals surface area contributed by atoms with Crippen molar-refractivity contribution in [1.29, 1.82) is 0 Å². The largest absolute Gasteiger partial charge is 0.497 e. The molecule has 0 bridgehead atoms. The quantitative estimate of drug-likeness (QED) is 0.783. The Morgan fingerprint density at radius 1 is 1.29 bits per heavy atom. The number of carbonyl (C=O) groups is 1. The van der Waals surface area contributed by atoms with E-state index in [1.165, 1.54) is 13.2 Å². The van der Waals surface area contributed by atoms with Gasteiger partial charge in [0.1, 0.15) is 11.6 Å². The van der Waals surface area contributed by atoms with Crippen LogP contribution in [0.3, 0.4) is 0 Å². The van der Waals surface area contributed by atoms with Crippen LogP contribution in [-0.4, -0.2) is 20.2 Å².